The summed E-state index contributed by atoms with van der Waals surface area (Å²) < 4.78 is 0. The predicted molar refractivity (Wildman–Crippen MR) is 85.1 cm³/mol. The summed E-state index contributed by atoms with van der Waals surface area (Å²) in [6.07, 6.45) is 5.52. The summed E-state index contributed by atoms with van der Waals surface area (Å²) in [5, 5.41) is 3.90. The Morgan fingerprint density at radius 3 is 2.75 bits per heavy atom. The first-order valence-electron chi connectivity index (χ1n) is 8.22. The molecule has 2 nitrogen and oxygen atoms in total. The van der Waals surface area contributed by atoms with Gasteiger partial charge in [0.1, 0.15) is 0 Å². The van der Waals surface area contributed by atoms with E-state index in [1.54, 1.807) is 0 Å². The Balaban J connectivity index is 1.66. The Hall–Kier alpha value is -0.860. The van der Waals surface area contributed by atoms with Gasteiger partial charge < -0.3 is 5.32 Å². The summed E-state index contributed by atoms with van der Waals surface area (Å²) >= 11 is 0. The van der Waals surface area contributed by atoms with E-state index in [-0.39, 0.29) is 0 Å². The molecule has 2 heterocycles. The van der Waals surface area contributed by atoms with Gasteiger partial charge in [0.2, 0.25) is 0 Å². The van der Waals surface area contributed by atoms with Crippen molar-refractivity contribution in [2.45, 2.75) is 64.6 Å². The number of nitrogens with zero attached hydrogens (tertiary/aromatic N) is 1. The molecule has 3 unspecified atom stereocenters. The molecule has 3 atom stereocenters. The summed E-state index contributed by atoms with van der Waals surface area (Å²) in [7, 11) is 0. The molecule has 1 N–H and O–H groups in total. The first-order valence-corrected chi connectivity index (χ1v) is 8.22. The molecule has 0 aromatic heterocycles. The van der Waals surface area contributed by atoms with Crippen LogP contribution in [-0.2, 0) is 0 Å². The van der Waals surface area contributed by atoms with Crippen molar-refractivity contribution in [1.82, 2.24) is 10.2 Å². The molecule has 2 aliphatic rings. The number of aryl methyl sites for hydroxylation is 2. The molecule has 0 spiro atoms. The lowest BCUT2D eigenvalue weighted by atomic mass is 9.96. The Morgan fingerprint density at radius 1 is 1.10 bits per heavy atom. The Bertz CT molecular complexity index is 468. The Labute approximate surface area is 123 Å². The molecule has 3 rings (SSSR count). The number of hydrogen-bond donors (Lipinski definition) is 1. The third-order valence-electron chi connectivity index (χ3n) is 5.35. The molecule has 1 aromatic carbocycles. The van der Waals surface area contributed by atoms with Crippen molar-refractivity contribution in [3.8, 4) is 0 Å². The van der Waals surface area contributed by atoms with E-state index in [2.05, 4.69) is 49.2 Å². The second-order valence-corrected chi connectivity index (χ2v) is 6.73. The van der Waals surface area contributed by atoms with E-state index in [9.17, 15) is 0 Å². The number of rotatable bonds is 3. The maximum atomic E-state index is 3.90. The quantitative estimate of drug-likeness (QED) is 0.905. The van der Waals surface area contributed by atoms with Crippen LogP contribution >= 0.6 is 0 Å². The molecule has 1 aromatic rings. The van der Waals surface area contributed by atoms with E-state index in [4.69, 9.17) is 0 Å². The molecular weight excluding hydrogens is 244 g/mol. The first-order chi connectivity index (χ1) is 9.65. The van der Waals surface area contributed by atoms with Gasteiger partial charge in [-0.2, -0.15) is 0 Å². The van der Waals surface area contributed by atoms with Gasteiger partial charge in [0.05, 0.1) is 0 Å². The van der Waals surface area contributed by atoms with Gasteiger partial charge in [-0.25, -0.2) is 0 Å². The minimum absolute atomic E-state index is 0.459. The average molecular weight is 272 g/mol. The third-order valence-corrected chi connectivity index (χ3v) is 5.35. The van der Waals surface area contributed by atoms with Gasteiger partial charge in [0.15, 0.2) is 0 Å². The maximum Gasteiger partial charge on any atom is 0.0295 e. The van der Waals surface area contributed by atoms with Crippen molar-refractivity contribution < 1.29 is 0 Å². The molecule has 2 heteroatoms. The summed E-state index contributed by atoms with van der Waals surface area (Å²) in [6, 6.07) is 8.82. The molecule has 0 amide bonds. The van der Waals surface area contributed by atoms with Gasteiger partial charge in [-0.3, -0.25) is 4.90 Å². The molecule has 2 aliphatic heterocycles. The second kappa shape index (κ2) is 5.87. The highest BCUT2D eigenvalue weighted by Crippen LogP contribution is 2.29. The SMILES string of the molecule is Cc1ccc(C(C)NC2CCN3CCCCC23)cc1C. The Kier molecular flexibility index (Phi) is 4.13. The molecule has 110 valence electrons. The van der Waals surface area contributed by atoms with Crippen molar-refractivity contribution in [3.63, 3.8) is 0 Å². The van der Waals surface area contributed by atoms with E-state index >= 15 is 0 Å². The van der Waals surface area contributed by atoms with Crippen LogP contribution in [0, 0.1) is 13.8 Å². The highest BCUT2D eigenvalue weighted by Gasteiger charge is 2.35. The number of piperidine rings is 1. The van der Waals surface area contributed by atoms with Crippen molar-refractivity contribution >= 4 is 0 Å². The maximum absolute atomic E-state index is 3.90. The minimum Gasteiger partial charge on any atom is -0.306 e. The average Bonchev–Trinajstić information content (AvgIpc) is 2.85. The van der Waals surface area contributed by atoms with E-state index in [0.717, 1.165) is 6.04 Å². The van der Waals surface area contributed by atoms with Crippen LogP contribution in [0.4, 0.5) is 0 Å². The van der Waals surface area contributed by atoms with Crippen LogP contribution in [0.15, 0.2) is 18.2 Å². The largest absolute Gasteiger partial charge is 0.306 e. The van der Waals surface area contributed by atoms with E-state index in [1.165, 1.54) is 55.5 Å². The molecule has 20 heavy (non-hydrogen) atoms. The van der Waals surface area contributed by atoms with Gasteiger partial charge in [0.25, 0.3) is 0 Å². The summed E-state index contributed by atoms with van der Waals surface area (Å²) in [6.45, 7) is 9.33. The van der Waals surface area contributed by atoms with Crippen LogP contribution in [0.25, 0.3) is 0 Å². The van der Waals surface area contributed by atoms with E-state index in [1.807, 2.05) is 0 Å². The minimum atomic E-state index is 0.459. The van der Waals surface area contributed by atoms with Gasteiger partial charge in [-0.15, -0.1) is 0 Å². The number of benzene rings is 1. The fourth-order valence-corrected chi connectivity index (χ4v) is 3.89. The molecule has 0 radical (unpaired) electrons. The summed E-state index contributed by atoms with van der Waals surface area (Å²) in [5.41, 5.74) is 4.23. The molecule has 0 aliphatic carbocycles. The molecule has 2 fully saturated rings. The van der Waals surface area contributed by atoms with Gasteiger partial charge >= 0.3 is 0 Å². The topological polar surface area (TPSA) is 15.3 Å². The monoisotopic (exact) mass is 272 g/mol. The molecular formula is C18H28N2. The van der Waals surface area contributed by atoms with Gasteiger partial charge in [-0.05, 0) is 63.3 Å². The molecule has 2 saturated heterocycles. The fraction of sp³-hybridized carbons (Fsp3) is 0.667. The highest BCUT2D eigenvalue weighted by atomic mass is 15.2. The lowest BCUT2D eigenvalue weighted by Crippen LogP contribution is -2.45. The number of nitrogens with one attached hydrogen (secondary N) is 1. The van der Waals surface area contributed by atoms with Crippen molar-refractivity contribution in [2.24, 2.45) is 0 Å². The zero-order chi connectivity index (χ0) is 14.1. The fourth-order valence-electron chi connectivity index (χ4n) is 3.89. The summed E-state index contributed by atoms with van der Waals surface area (Å²) in [4.78, 5) is 2.70. The van der Waals surface area contributed by atoms with Crippen LogP contribution in [-0.4, -0.2) is 30.1 Å². The van der Waals surface area contributed by atoms with Crippen LogP contribution in [0.1, 0.15) is 55.3 Å². The smallest absolute Gasteiger partial charge is 0.0295 e. The molecule has 0 bridgehead atoms. The van der Waals surface area contributed by atoms with E-state index < -0.39 is 0 Å². The first kappa shape index (κ1) is 14.1. The zero-order valence-electron chi connectivity index (χ0n) is 13.2. The van der Waals surface area contributed by atoms with Crippen LogP contribution < -0.4 is 5.32 Å². The van der Waals surface area contributed by atoms with Crippen LogP contribution in [0.5, 0.6) is 0 Å². The highest BCUT2D eigenvalue weighted by molar-refractivity contribution is 5.31. The van der Waals surface area contributed by atoms with Gasteiger partial charge in [-0.1, -0.05) is 24.6 Å². The molecule has 0 saturated carbocycles. The van der Waals surface area contributed by atoms with Crippen molar-refractivity contribution in [3.05, 3.63) is 34.9 Å². The van der Waals surface area contributed by atoms with Crippen LogP contribution in [0.3, 0.4) is 0 Å². The van der Waals surface area contributed by atoms with Crippen molar-refractivity contribution in [1.29, 1.82) is 0 Å². The second-order valence-electron chi connectivity index (χ2n) is 6.73. The standard InChI is InChI=1S/C18H28N2/c1-13-7-8-16(12-14(13)2)15(3)19-17-9-11-20-10-5-4-6-18(17)20/h7-8,12,15,17-19H,4-6,9-11H2,1-3H3. The Morgan fingerprint density at radius 2 is 1.95 bits per heavy atom. The van der Waals surface area contributed by atoms with Gasteiger partial charge in [0, 0.05) is 24.7 Å². The van der Waals surface area contributed by atoms with Crippen LogP contribution in [0.2, 0.25) is 0 Å². The zero-order valence-corrected chi connectivity index (χ0v) is 13.2. The predicted octanol–water partition coefficient (Wildman–Crippen LogP) is 3.58. The number of hydrogen-bond acceptors (Lipinski definition) is 2. The van der Waals surface area contributed by atoms with Crippen molar-refractivity contribution in [2.75, 3.05) is 13.1 Å². The lowest BCUT2D eigenvalue weighted by molar-refractivity contribution is 0.177. The normalized spacial score (nSPS) is 28.4. The number of fused-ring (bicyclic) bond motifs is 1. The summed E-state index contributed by atoms with van der Waals surface area (Å²) in [5.74, 6) is 0. The van der Waals surface area contributed by atoms with E-state index in [0.29, 0.717) is 12.1 Å². The third kappa shape index (κ3) is 2.77. The lowest BCUT2D eigenvalue weighted by Gasteiger charge is -2.34.